The van der Waals surface area contributed by atoms with Crippen molar-refractivity contribution in [3.63, 3.8) is 0 Å². The molecule has 32 valence electrons. The Bertz CT molecular complexity index is 71.2. The van der Waals surface area contributed by atoms with Crippen LogP contribution in [0.25, 0.3) is 0 Å². The molecule has 0 amide bonds. The minimum absolute atomic E-state index is 0.0880. The quantitative estimate of drug-likeness (QED) is 0.441. The van der Waals surface area contributed by atoms with Gasteiger partial charge in [0.1, 0.15) is 0 Å². The molecule has 0 aromatic rings. The fourth-order valence-corrected chi connectivity index (χ4v) is 0.352. The standard InChI is InChI=1S/C3H5BOS/c1-3(5)6-4-2/h2H2,1H3. The number of hydrogen-bond donors (Lipinski definition) is 0. The third-order valence-corrected chi connectivity index (χ3v) is 0.748. The van der Waals surface area contributed by atoms with Crippen molar-refractivity contribution in [2.24, 2.45) is 0 Å². The zero-order chi connectivity index (χ0) is 4.99. The Morgan fingerprint density at radius 2 is 2.50 bits per heavy atom. The zero-order valence-corrected chi connectivity index (χ0v) is 4.42. The molecule has 3 heteroatoms. The number of carbonyl (C=O) groups is 1. The Morgan fingerprint density at radius 1 is 2.00 bits per heavy atom. The second-order valence-corrected chi connectivity index (χ2v) is 1.92. The molecule has 0 heterocycles. The summed E-state index contributed by atoms with van der Waals surface area (Å²) >= 11 is 1.11. The van der Waals surface area contributed by atoms with Gasteiger partial charge in [-0.3, -0.25) is 0 Å². The summed E-state index contributed by atoms with van der Waals surface area (Å²) in [6, 6.07) is 0. The van der Waals surface area contributed by atoms with Gasteiger partial charge >= 0.3 is 41.1 Å². The summed E-state index contributed by atoms with van der Waals surface area (Å²) in [4.78, 5) is 9.94. The van der Waals surface area contributed by atoms with E-state index >= 15 is 0 Å². The third kappa shape index (κ3) is 3.95. The molecule has 0 aromatic heterocycles. The van der Waals surface area contributed by atoms with Crippen LogP contribution in [0.1, 0.15) is 6.92 Å². The molecule has 0 saturated heterocycles. The van der Waals surface area contributed by atoms with Crippen molar-refractivity contribution < 1.29 is 4.79 Å². The van der Waals surface area contributed by atoms with Gasteiger partial charge in [-0.2, -0.15) is 0 Å². The van der Waals surface area contributed by atoms with Gasteiger partial charge in [-0.05, 0) is 0 Å². The first-order chi connectivity index (χ1) is 2.77. The van der Waals surface area contributed by atoms with Crippen molar-refractivity contribution in [1.29, 1.82) is 0 Å². The molecule has 0 saturated carbocycles. The van der Waals surface area contributed by atoms with Crippen LogP contribution in [0, 0.1) is 0 Å². The first kappa shape index (κ1) is 5.95. The molecule has 0 N–H and O–H groups in total. The van der Waals surface area contributed by atoms with Gasteiger partial charge in [0.25, 0.3) is 0 Å². The first-order valence-corrected chi connectivity index (χ1v) is 2.43. The molecule has 0 unspecified atom stereocenters. The Morgan fingerprint density at radius 3 is 2.50 bits per heavy atom. The first-order valence-electron chi connectivity index (χ1n) is 1.55. The molecular weight excluding hydrogens is 94.9 g/mol. The Balaban J connectivity index is 3.05. The third-order valence-electron chi connectivity index (χ3n) is 0.249. The maximum absolute atomic E-state index is 9.94. The average molecular weight is 100.0 g/mol. The zero-order valence-electron chi connectivity index (χ0n) is 3.60. The Labute approximate surface area is 41.9 Å². The fraction of sp³-hybridized carbons (Fsp3) is 0.333. The van der Waals surface area contributed by atoms with Crippen molar-refractivity contribution in [3.05, 3.63) is 0 Å². The van der Waals surface area contributed by atoms with E-state index in [2.05, 4.69) is 6.47 Å². The number of rotatable bonds is 1. The molecule has 6 heavy (non-hydrogen) atoms. The molecule has 0 aromatic carbocycles. The van der Waals surface area contributed by atoms with Crippen LogP contribution in [-0.2, 0) is 4.79 Å². The van der Waals surface area contributed by atoms with Crippen molar-refractivity contribution in [2.75, 3.05) is 0 Å². The molecule has 0 rings (SSSR count). The van der Waals surface area contributed by atoms with Gasteiger partial charge in [-0.25, -0.2) is 0 Å². The SMILES string of the molecule is C=BSC(C)=O. The van der Waals surface area contributed by atoms with Gasteiger partial charge in [0.05, 0.1) is 0 Å². The van der Waals surface area contributed by atoms with Crippen molar-refractivity contribution in [1.82, 2.24) is 0 Å². The summed E-state index contributed by atoms with van der Waals surface area (Å²) in [5.74, 6) is 0. The summed E-state index contributed by atoms with van der Waals surface area (Å²) in [5.41, 5.74) is 0. The second-order valence-electron chi connectivity index (χ2n) is 0.776. The van der Waals surface area contributed by atoms with Crippen molar-refractivity contribution in [3.8, 4) is 0 Å². The molecule has 0 bridgehead atoms. The summed E-state index contributed by atoms with van der Waals surface area (Å²) in [5, 5.41) is 0.0880. The fourth-order valence-electron chi connectivity index (χ4n) is 0.117. The Kier molecular flexibility index (Phi) is 3.13. The minimum atomic E-state index is 0.0880. The molecule has 0 aliphatic rings. The molecule has 0 aliphatic carbocycles. The monoisotopic (exact) mass is 100 g/mol. The van der Waals surface area contributed by atoms with Crippen molar-refractivity contribution >= 4 is 29.4 Å². The van der Waals surface area contributed by atoms with Gasteiger partial charge in [0.15, 0.2) is 0 Å². The van der Waals surface area contributed by atoms with Gasteiger partial charge in [0, 0.05) is 0 Å². The number of hydrogen-bond acceptors (Lipinski definition) is 2. The van der Waals surface area contributed by atoms with Crippen LogP contribution in [0.5, 0.6) is 0 Å². The molecule has 0 atom stereocenters. The van der Waals surface area contributed by atoms with E-state index in [0.29, 0.717) is 0 Å². The van der Waals surface area contributed by atoms with Gasteiger partial charge < -0.3 is 0 Å². The van der Waals surface area contributed by atoms with Crippen LogP contribution in [0.2, 0.25) is 0 Å². The van der Waals surface area contributed by atoms with E-state index in [1.54, 1.807) is 0 Å². The van der Waals surface area contributed by atoms with E-state index in [9.17, 15) is 4.79 Å². The predicted octanol–water partition coefficient (Wildman–Crippen LogP) is 0.317. The van der Waals surface area contributed by atoms with E-state index in [-0.39, 0.29) is 5.12 Å². The van der Waals surface area contributed by atoms with E-state index < -0.39 is 0 Å². The van der Waals surface area contributed by atoms with Crippen LogP contribution in [0.4, 0.5) is 0 Å². The van der Waals surface area contributed by atoms with Crippen LogP contribution in [0.15, 0.2) is 0 Å². The molecule has 0 fully saturated rings. The van der Waals surface area contributed by atoms with E-state index in [1.165, 1.54) is 13.1 Å². The molecule has 0 radical (unpaired) electrons. The van der Waals surface area contributed by atoms with Gasteiger partial charge in [-0.1, -0.05) is 0 Å². The van der Waals surface area contributed by atoms with Gasteiger partial charge in [-0.15, -0.1) is 0 Å². The summed E-state index contributed by atoms with van der Waals surface area (Å²) in [6.45, 7) is 4.85. The molecule has 1 nitrogen and oxygen atoms in total. The number of carbonyl (C=O) groups excluding carboxylic acids is 1. The average Bonchev–Trinajstić information content (AvgIpc) is 1.35. The predicted molar refractivity (Wildman–Crippen MR) is 31.1 cm³/mol. The summed E-state index contributed by atoms with van der Waals surface area (Å²) in [7, 11) is 0. The van der Waals surface area contributed by atoms with Crippen LogP contribution in [0.3, 0.4) is 0 Å². The molecule has 0 aliphatic heterocycles. The Hall–Kier alpha value is -0.0451. The second kappa shape index (κ2) is 3.16. The van der Waals surface area contributed by atoms with Crippen LogP contribution >= 0.6 is 11.6 Å². The normalized spacial score (nSPS) is 6.83. The topological polar surface area (TPSA) is 17.1 Å². The van der Waals surface area contributed by atoms with Crippen LogP contribution in [-0.4, -0.2) is 17.8 Å². The maximum atomic E-state index is 9.94. The van der Waals surface area contributed by atoms with E-state index in [1.807, 2.05) is 0 Å². The molecule has 0 spiro atoms. The van der Waals surface area contributed by atoms with Gasteiger partial charge in [0.2, 0.25) is 0 Å². The van der Waals surface area contributed by atoms with E-state index in [0.717, 1.165) is 11.6 Å². The summed E-state index contributed by atoms with van der Waals surface area (Å²) in [6.07, 6.45) is 1.52. The van der Waals surface area contributed by atoms with Crippen molar-refractivity contribution in [2.45, 2.75) is 6.92 Å². The molecular formula is C3H5BOS. The summed E-state index contributed by atoms with van der Waals surface area (Å²) < 4.78 is 0. The van der Waals surface area contributed by atoms with Crippen LogP contribution < -0.4 is 0 Å². The van der Waals surface area contributed by atoms with E-state index in [4.69, 9.17) is 0 Å².